The minimum atomic E-state index is 0.719. The van der Waals surface area contributed by atoms with E-state index in [0.29, 0.717) is 0 Å². The number of thiazole rings is 1. The highest BCUT2D eigenvalue weighted by molar-refractivity contribution is 7.15. The summed E-state index contributed by atoms with van der Waals surface area (Å²) in [5, 5.41) is 4.79. The zero-order chi connectivity index (χ0) is 15.1. The molecule has 0 radical (unpaired) electrons. The molecule has 4 heteroatoms. The van der Waals surface area contributed by atoms with E-state index in [1.54, 1.807) is 0 Å². The molecule has 2 rings (SSSR count). The molecule has 0 aliphatic heterocycles. The van der Waals surface area contributed by atoms with Gasteiger partial charge >= 0.3 is 0 Å². The highest BCUT2D eigenvalue weighted by atomic mass is 32.1. The quantitative estimate of drug-likeness (QED) is 0.723. The molecule has 21 heavy (non-hydrogen) atoms. The number of nitrogens with one attached hydrogen (secondary N) is 1. The third-order valence-corrected chi connectivity index (χ3v) is 5.55. The molecule has 1 heterocycles. The summed E-state index contributed by atoms with van der Waals surface area (Å²) in [6.45, 7) is 9.87. The van der Waals surface area contributed by atoms with Crippen LogP contribution in [0.2, 0.25) is 0 Å². The van der Waals surface area contributed by atoms with Crippen LogP contribution < -0.4 is 10.2 Å². The van der Waals surface area contributed by atoms with Crippen LogP contribution in [0.15, 0.2) is 0 Å². The van der Waals surface area contributed by atoms with Crippen LogP contribution in [-0.4, -0.2) is 24.1 Å². The van der Waals surface area contributed by atoms with Crippen molar-refractivity contribution in [3.8, 4) is 0 Å². The van der Waals surface area contributed by atoms with Gasteiger partial charge < -0.3 is 10.2 Å². The fraction of sp³-hybridized carbons (Fsp3) is 0.824. The lowest BCUT2D eigenvalue weighted by Gasteiger charge is -2.33. The van der Waals surface area contributed by atoms with Gasteiger partial charge in [-0.2, -0.15) is 0 Å². The van der Waals surface area contributed by atoms with Crippen LogP contribution in [0, 0.1) is 0 Å². The van der Waals surface area contributed by atoms with Crippen molar-refractivity contribution >= 4 is 16.5 Å². The van der Waals surface area contributed by atoms with Crippen LogP contribution in [0.5, 0.6) is 0 Å². The topological polar surface area (TPSA) is 28.2 Å². The molecule has 1 aliphatic rings. The zero-order valence-electron chi connectivity index (χ0n) is 14.0. The Balaban J connectivity index is 2.09. The first kappa shape index (κ1) is 16.8. The summed E-state index contributed by atoms with van der Waals surface area (Å²) in [4.78, 5) is 8.96. The molecule has 0 aromatic carbocycles. The predicted octanol–water partition coefficient (Wildman–Crippen LogP) is 4.36. The van der Waals surface area contributed by atoms with Crippen LogP contribution in [0.1, 0.15) is 69.9 Å². The van der Waals surface area contributed by atoms with Crippen molar-refractivity contribution in [3.63, 3.8) is 0 Å². The van der Waals surface area contributed by atoms with E-state index in [1.807, 2.05) is 11.3 Å². The molecule has 1 fully saturated rings. The van der Waals surface area contributed by atoms with Crippen LogP contribution in [0.4, 0.5) is 5.13 Å². The van der Waals surface area contributed by atoms with E-state index in [0.717, 1.165) is 32.1 Å². The largest absolute Gasteiger partial charge is 0.345 e. The SMILES string of the molecule is CCCNCc1sc(N(CC)C2CCCCC2)nc1CC. The highest BCUT2D eigenvalue weighted by Gasteiger charge is 2.23. The van der Waals surface area contributed by atoms with Crippen LogP contribution in [-0.2, 0) is 13.0 Å². The maximum Gasteiger partial charge on any atom is 0.186 e. The minimum Gasteiger partial charge on any atom is -0.345 e. The van der Waals surface area contributed by atoms with Gasteiger partial charge in [0, 0.05) is 24.0 Å². The lowest BCUT2D eigenvalue weighted by atomic mass is 9.94. The Morgan fingerprint density at radius 2 is 1.95 bits per heavy atom. The van der Waals surface area contributed by atoms with Crippen LogP contribution >= 0.6 is 11.3 Å². The van der Waals surface area contributed by atoms with Crippen molar-refractivity contribution in [3.05, 3.63) is 10.6 Å². The number of aryl methyl sites for hydroxylation is 1. The van der Waals surface area contributed by atoms with E-state index in [4.69, 9.17) is 4.98 Å². The zero-order valence-corrected chi connectivity index (χ0v) is 14.8. The Morgan fingerprint density at radius 3 is 2.57 bits per heavy atom. The summed E-state index contributed by atoms with van der Waals surface area (Å²) in [6.07, 6.45) is 9.11. The van der Waals surface area contributed by atoms with E-state index >= 15 is 0 Å². The van der Waals surface area contributed by atoms with Gasteiger partial charge in [-0.05, 0) is 39.2 Å². The number of hydrogen-bond acceptors (Lipinski definition) is 4. The summed E-state index contributed by atoms with van der Waals surface area (Å²) in [7, 11) is 0. The van der Waals surface area contributed by atoms with E-state index in [2.05, 4.69) is 31.0 Å². The van der Waals surface area contributed by atoms with Crippen molar-refractivity contribution < 1.29 is 0 Å². The summed E-state index contributed by atoms with van der Waals surface area (Å²) >= 11 is 1.91. The second-order valence-corrected chi connectivity index (χ2v) is 7.04. The Labute approximate surface area is 134 Å². The molecule has 0 bridgehead atoms. The fourth-order valence-corrected chi connectivity index (χ4v) is 4.48. The number of hydrogen-bond donors (Lipinski definition) is 1. The second-order valence-electron chi connectivity index (χ2n) is 5.97. The van der Waals surface area contributed by atoms with Crippen molar-refractivity contribution in [2.24, 2.45) is 0 Å². The van der Waals surface area contributed by atoms with Crippen molar-refractivity contribution in [2.75, 3.05) is 18.0 Å². The molecule has 1 aromatic heterocycles. The van der Waals surface area contributed by atoms with E-state index in [9.17, 15) is 0 Å². The average molecular weight is 310 g/mol. The molecular formula is C17H31N3S. The molecule has 0 spiro atoms. The second kappa shape index (κ2) is 8.74. The van der Waals surface area contributed by atoms with E-state index in [-0.39, 0.29) is 0 Å². The normalized spacial score (nSPS) is 16.3. The van der Waals surface area contributed by atoms with Gasteiger partial charge in [0.1, 0.15) is 0 Å². The van der Waals surface area contributed by atoms with Gasteiger partial charge in [-0.1, -0.05) is 33.1 Å². The number of rotatable bonds is 8. The minimum absolute atomic E-state index is 0.719. The van der Waals surface area contributed by atoms with Crippen molar-refractivity contribution in [1.29, 1.82) is 0 Å². The first-order valence-electron chi connectivity index (χ1n) is 8.76. The number of aromatic nitrogens is 1. The Hall–Kier alpha value is -0.610. The molecule has 3 nitrogen and oxygen atoms in total. The van der Waals surface area contributed by atoms with E-state index in [1.165, 1.54) is 54.2 Å². The third kappa shape index (κ3) is 4.43. The van der Waals surface area contributed by atoms with Gasteiger partial charge in [0.15, 0.2) is 5.13 Å². The molecule has 0 amide bonds. The van der Waals surface area contributed by atoms with Gasteiger partial charge in [-0.15, -0.1) is 11.3 Å². The molecule has 1 aromatic rings. The average Bonchev–Trinajstić information content (AvgIpc) is 2.92. The summed E-state index contributed by atoms with van der Waals surface area (Å²) in [5.41, 5.74) is 1.30. The Kier molecular flexibility index (Phi) is 6.97. The fourth-order valence-electron chi connectivity index (χ4n) is 3.23. The maximum absolute atomic E-state index is 4.96. The van der Waals surface area contributed by atoms with Gasteiger partial charge in [0.25, 0.3) is 0 Å². The van der Waals surface area contributed by atoms with Gasteiger partial charge in [0.2, 0.25) is 0 Å². The van der Waals surface area contributed by atoms with Gasteiger partial charge in [-0.3, -0.25) is 0 Å². The summed E-state index contributed by atoms with van der Waals surface area (Å²) in [6, 6.07) is 0.719. The molecule has 120 valence electrons. The Morgan fingerprint density at radius 1 is 1.19 bits per heavy atom. The molecule has 1 N–H and O–H groups in total. The standard InChI is InChI=1S/C17H31N3S/c1-4-12-18-13-16-15(5-2)19-17(21-16)20(6-3)14-10-8-7-9-11-14/h14,18H,4-13H2,1-3H3. The maximum atomic E-state index is 4.96. The molecule has 1 aliphatic carbocycles. The van der Waals surface area contributed by atoms with Crippen LogP contribution in [0.3, 0.4) is 0 Å². The van der Waals surface area contributed by atoms with Gasteiger partial charge in [-0.25, -0.2) is 4.98 Å². The number of anilines is 1. The molecule has 0 unspecified atom stereocenters. The molecule has 0 saturated heterocycles. The monoisotopic (exact) mass is 309 g/mol. The molecular weight excluding hydrogens is 278 g/mol. The third-order valence-electron chi connectivity index (χ3n) is 4.42. The molecule has 1 saturated carbocycles. The van der Waals surface area contributed by atoms with E-state index < -0.39 is 0 Å². The van der Waals surface area contributed by atoms with Crippen molar-refractivity contribution in [1.82, 2.24) is 10.3 Å². The first-order chi connectivity index (χ1) is 10.3. The first-order valence-corrected chi connectivity index (χ1v) is 9.57. The lowest BCUT2D eigenvalue weighted by molar-refractivity contribution is 0.418. The lowest BCUT2D eigenvalue weighted by Crippen LogP contribution is -2.36. The highest BCUT2D eigenvalue weighted by Crippen LogP contribution is 2.32. The smallest absolute Gasteiger partial charge is 0.186 e. The summed E-state index contributed by atoms with van der Waals surface area (Å²) < 4.78 is 0. The number of nitrogens with zero attached hydrogens (tertiary/aromatic N) is 2. The summed E-state index contributed by atoms with van der Waals surface area (Å²) in [5.74, 6) is 0. The predicted molar refractivity (Wildman–Crippen MR) is 93.4 cm³/mol. The van der Waals surface area contributed by atoms with Gasteiger partial charge in [0.05, 0.1) is 5.69 Å². The van der Waals surface area contributed by atoms with Crippen LogP contribution in [0.25, 0.3) is 0 Å². The van der Waals surface area contributed by atoms with Crippen molar-refractivity contribution in [2.45, 2.75) is 78.3 Å². The Bertz CT molecular complexity index is 410. The molecule has 0 atom stereocenters.